The largest absolute Gasteiger partial charge is 0.486 e. The molecule has 0 spiro atoms. The van der Waals surface area contributed by atoms with Gasteiger partial charge in [0.25, 0.3) is 0 Å². The molecule has 0 unspecified atom stereocenters. The van der Waals surface area contributed by atoms with E-state index in [2.05, 4.69) is 19.0 Å². The molecule has 0 aliphatic heterocycles. The van der Waals surface area contributed by atoms with Crippen LogP contribution in [-0.2, 0) is 27.4 Å². The molecule has 28 heavy (non-hydrogen) atoms. The number of methoxy groups -OCH3 is 1. The second-order valence-corrected chi connectivity index (χ2v) is 7.36. The summed E-state index contributed by atoms with van der Waals surface area (Å²) in [6.07, 6.45) is 0.874. The second kappa shape index (κ2) is 10.3. The Kier molecular flexibility index (Phi) is 8.15. The fraction of sp³-hybridized carbons (Fsp3) is 0.333. The molecule has 5 nitrogen and oxygen atoms in total. The highest BCUT2D eigenvalue weighted by Crippen LogP contribution is 2.35. The molecule has 0 aromatic heterocycles. The highest BCUT2D eigenvalue weighted by atomic mass is 35.5. The lowest BCUT2D eigenvalue weighted by Gasteiger charge is -2.15. The first-order valence-electron chi connectivity index (χ1n) is 8.75. The number of nitrogens with zero attached hydrogens (tertiary/aromatic N) is 1. The molecule has 2 rings (SSSR count). The quantitative estimate of drug-likeness (QED) is 0.328. The molecule has 0 aliphatic carbocycles. The first-order valence-corrected chi connectivity index (χ1v) is 9.51. The van der Waals surface area contributed by atoms with Crippen LogP contribution in [0.4, 0.5) is 0 Å². The Morgan fingerprint density at radius 2 is 1.75 bits per heavy atom. The molecule has 0 fully saturated rings. The normalized spacial score (nSPS) is 11.5. The summed E-state index contributed by atoms with van der Waals surface area (Å²) in [6.45, 7) is 4.39. The third-order valence-corrected chi connectivity index (χ3v) is 4.47. The SMILES string of the molecule is CON=C(C(=O)OC)c1ccccc1COc1c(Cl)cc(CC(C)C)cc1Cl. The molecule has 0 amide bonds. The number of carbonyl (C=O) groups excluding carboxylic acids is 1. The van der Waals surface area contributed by atoms with E-state index in [0.29, 0.717) is 32.8 Å². The van der Waals surface area contributed by atoms with Gasteiger partial charge in [0.2, 0.25) is 0 Å². The molecule has 0 saturated carbocycles. The number of hydrogen-bond donors (Lipinski definition) is 0. The zero-order chi connectivity index (χ0) is 20.7. The number of carbonyl (C=O) groups is 1. The van der Waals surface area contributed by atoms with E-state index in [9.17, 15) is 4.79 Å². The van der Waals surface area contributed by atoms with Gasteiger partial charge in [-0.2, -0.15) is 0 Å². The number of oxime groups is 1. The average Bonchev–Trinajstić information content (AvgIpc) is 2.65. The van der Waals surface area contributed by atoms with Gasteiger partial charge in [-0.05, 0) is 35.6 Å². The van der Waals surface area contributed by atoms with Crippen LogP contribution in [0, 0.1) is 5.92 Å². The van der Waals surface area contributed by atoms with Crippen molar-refractivity contribution in [1.29, 1.82) is 0 Å². The van der Waals surface area contributed by atoms with E-state index >= 15 is 0 Å². The van der Waals surface area contributed by atoms with Crippen molar-refractivity contribution in [3.63, 3.8) is 0 Å². The highest BCUT2D eigenvalue weighted by molar-refractivity contribution is 6.43. The molecule has 0 saturated heterocycles. The number of halogens is 2. The van der Waals surface area contributed by atoms with Crippen molar-refractivity contribution in [2.45, 2.75) is 26.9 Å². The van der Waals surface area contributed by atoms with Gasteiger partial charge in [0.05, 0.1) is 17.2 Å². The zero-order valence-corrected chi connectivity index (χ0v) is 17.8. The monoisotopic (exact) mass is 423 g/mol. The lowest BCUT2D eigenvalue weighted by molar-refractivity contribution is -0.132. The zero-order valence-electron chi connectivity index (χ0n) is 16.3. The number of ether oxygens (including phenoxy) is 2. The van der Waals surface area contributed by atoms with Crippen molar-refractivity contribution in [3.05, 3.63) is 63.1 Å². The summed E-state index contributed by atoms with van der Waals surface area (Å²) in [6, 6.07) is 10.9. The molecule has 0 radical (unpaired) electrons. The summed E-state index contributed by atoms with van der Waals surface area (Å²) < 4.78 is 10.7. The van der Waals surface area contributed by atoms with E-state index in [1.807, 2.05) is 24.3 Å². The molecule has 0 atom stereocenters. The molecule has 0 heterocycles. The summed E-state index contributed by atoms with van der Waals surface area (Å²) in [5.74, 6) is 0.278. The summed E-state index contributed by atoms with van der Waals surface area (Å²) in [5, 5.41) is 4.68. The molecule has 0 N–H and O–H groups in total. The highest BCUT2D eigenvalue weighted by Gasteiger charge is 2.20. The first kappa shape index (κ1) is 22.1. The van der Waals surface area contributed by atoms with Crippen molar-refractivity contribution >= 4 is 34.9 Å². The minimum absolute atomic E-state index is 0.0497. The van der Waals surface area contributed by atoms with Crippen LogP contribution in [0.5, 0.6) is 5.75 Å². The maximum atomic E-state index is 12.0. The Bertz CT molecular complexity index is 842. The van der Waals surface area contributed by atoms with Crippen LogP contribution in [0.1, 0.15) is 30.5 Å². The van der Waals surface area contributed by atoms with E-state index < -0.39 is 5.97 Å². The smallest absolute Gasteiger partial charge is 0.360 e. The van der Waals surface area contributed by atoms with Crippen molar-refractivity contribution in [2.24, 2.45) is 11.1 Å². The third kappa shape index (κ3) is 5.63. The van der Waals surface area contributed by atoms with E-state index in [1.165, 1.54) is 14.2 Å². The lowest BCUT2D eigenvalue weighted by atomic mass is 10.0. The first-order chi connectivity index (χ1) is 13.4. The summed E-state index contributed by atoms with van der Waals surface area (Å²) in [7, 11) is 2.64. The predicted octanol–water partition coefficient (Wildman–Crippen LogP) is 5.29. The average molecular weight is 424 g/mol. The van der Waals surface area contributed by atoms with Gasteiger partial charge in [-0.1, -0.05) is 66.5 Å². The Labute approximate surface area is 175 Å². The standard InChI is InChI=1S/C21H23Cl2NO4/c1-13(2)9-14-10-17(22)20(18(23)11-14)28-12-15-7-5-6-8-16(15)19(24-27-4)21(25)26-3/h5-8,10-11,13H,9,12H2,1-4H3. The predicted molar refractivity (Wildman–Crippen MR) is 111 cm³/mol. The lowest BCUT2D eigenvalue weighted by Crippen LogP contribution is -2.19. The third-order valence-electron chi connectivity index (χ3n) is 3.91. The van der Waals surface area contributed by atoms with Crippen LogP contribution >= 0.6 is 23.2 Å². The molecule has 0 bridgehead atoms. The van der Waals surface area contributed by atoms with Crippen LogP contribution in [0.15, 0.2) is 41.6 Å². The second-order valence-electron chi connectivity index (χ2n) is 6.55. The Balaban J connectivity index is 2.29. The maximum absolute atomic E-state index is 12.0. The van der Waals surface area contributed by atoms with Gasteiger partial charge >= 0.3 is 5.97 Å². The molecule has 0 aliphatic rings. The molecule has 7 heteroatoms. The molecular formula is C21H23Cl2NO4. The van der Waals surface area contributed by atoms with Crippen LogP contribution in [0.25, 0.3) is 0 Å². The van der Waals surface area contributed by atoms with Gasteiger partial charge in [0.15, 0.2) is 11.5 Å². The molecule has 2 aromatic rings. The number of rotatable bonds is 8. The Hall–Kier alpha value is -2.24. The van der Waals surface area contributed by atoms with Crippen molar-refractivity contribution in [1.82, 2.24) is 0 Å². The van der Waals surface area contributed by atoms with Crippen LogP contribution in [-0.4, -0.2) is 25.9 Å². The fourth-order valence-electron chi connectivity index (χ4n) is 2.75. The number of hydrogen-bond acceptors (Lipinski definition) is 5. The van der Waals surface area contributed by atoms with E-state index in [4.69, 9.17) is 37.5 Å². The van der Waals surface area contributed by atoms with E-state index in [0.717, 1.165) is 12.0 Å². The van der Waals surface area contributed by atoms with Gasteiger partial charge in [0, 0.05) is 5.56 Å². The van der Waals surface area contributed by atoms with Crippen LogP contribution in [0.3, 0.4) is 0 Å². The Morgan fingerprint density at radius 1 is 1.11 bits per heavy atom. The summed E-state index contributed by atoms with van der Waals surface area (Å²) >= 11 is 12.8. The topological polar surface area (TPSA) is 57.1 Å². The van der Waals surface area contributed by atoms with Crippen molar-refractivity contribution < 1.29 is 19.1 Å². The van der Waals surface area contributed by atoms with E-state index in [-0.39, 0.29) is 12.3 Å². The molecular weight excluding hydrogens is 401 g/mol. The van der Waals surface area contributed by atoms with Gasteiger partial charge < -0.3 is 14.3 Å². The molecule has 2 aromatic carbocycles. The van der Waals surface area contributed by atoms with Gasteiger partial charge in [-0.3, -0.25) is 0 Å². The molecule has 150 valence electrons. The summed E-state index contributed by atoms with van der Waals surface area (Å²) in [5.41, 5.74) is 2.36. The van der Waals surface area contributed by atoms with Crippen molar-refractivity contribution in [2.75, 3.05) is 14.2 Å². The summed E-state index contributed by atoms with van der Waals surface area (Å²) in [4.78, 5) is 16.8. The van der Waals surface area contributed by atoms with Gasteiger partial charge in [-0.15, -0.1) is 0 Å². The van der Waals surface area contributed by atoms with Gasteiger partial charge in [-0.25, -0.2) is 4.79 Å². The fourth-order valence-corrected chi connectivity index (χ4v) is 3.39. The van der Waals surface area contributed by atoms with Crippen LogP contribution in [0.2, 0.25) is 10.0 Å². The van der Waals surface area contributed by atoms with Crippen molar-refractivity contribution in [3.8, 4) is 5.75 Å². The maximum Gasteiger partial charge on any atom is 0.360 e. The minimum Gasteiger partial charge on any atom is -0.486 e. The number of benzene rings is 2. The van der Waals surface area contributed by atoms with E-state index in [1.54, 1.807) is 12.1 Å². The number of esters is 1. The van der Waals surface area contributed by atoms with Gasteiger partial charge in [0.1, 0.15) is 13.7 Å². The van der Waals surface area contributed by atoms with Crippen LogP contribution < -0.4 is 4.74 Å². The Morgan fingerprint density at radius 3 is 2.32 bits per heavy atom. The minimum atomic E-state index is -0.608.